The molecule has 1 aromatic rings. The molecule has 0 bridgehead atoms. The fourth-order valence-corrected chi connectivity index (χ4v) is 2.79. The minimum absolute atomic E-state index is 0.0127. The zero-order chi connectivity index (χ0) is 14.1. The summed E-state index contributed by atoms with van der Waals surface area (Å²) in [5.41, 5.74) is 0.495. The number of hydrogen-bond donors (Lipinski definition) is 2. The van der Waals surface area contributed by atoms with Gasteiger partial charge < -0.3 is 5.11 Å². The van der Waals surface area contributed by atoms with Gasteiger partial charge >= 0.3 is 5.91 Å². The molecule has 4 heteroatoms. The Morgan fingerprint density at radius 3 is 2.58 bits per heavy atom. The summed E-state index contributed by atoms with van der Waals surface area (Å²) in [7, 11) is 0. The predicted octanol–water partition coefficient (Wildman–Crippen LogP) is 1.37. The maximum absolute atomic E-state index is 12.4. The number of quaternary nitrogens is 1. The van der Waals surface area contributed by atoms with Crippen LogP contribution in [0.3, 0.4) is 0 Å². The summed E-state index contributed by atoms with van der Waals surface area (Å²) < 4.78 is -0.0550. The summed E-state index contributed by atoms with van der Waals surface area (Å²) >= 11 is 0. The molecule has 0 aliphatic carbocycles. The van der Waals surface area contributed by atoms with Crippen LogP contribution in [-0.4, -0.2) is 33.9 Å². The second-order valence-corrected chi connectivity index (χ2v) is 5.47. The molecule has 2 atom stereocenters. The molecule has 1 amide bonds. The fourth-order valence-electron chi connectivity index (χ4n) is 2.79. The Kier molecular flexibility index (Phi) is 3.58. The third-order valence-electron chi connectivity index (χ3n) is 4.05. The number of carbonyl (C=O) groups excluding carboxylic acids is 1. The number of rotatable bonds is 4. The summed E-state index contributed by atoms with van der Waals surface area (Å²) in [5.74, 6) is -0.0127. The first-order chi connectivity index (χ1) is 8.94. The van der Waals surface area contributed by atoms with Crippen LogP contribution in [0.4, 0.5) is 0 Å². The van der Waals surface area contributed by atoms with Gasteiger partial charge in [-0.3, -0.25) is 5.32 Å². The van der Waals surface area contributed by atoms with E-state index in [0.717, 1.165) is 5.56 Å². The summed E-state index contributed by atoms with van der Waals surface area (Å²) in [6.07, 6.45) is 0.521. The summed E-state index contributed by atoms with van der Waals surface area (Å²) in [6.45, 7) is 8.24. The largest absolute Gasteiger partial charge is 0.341 e. The number of nitrogens with zero attached hydrogens (tertiary/aromatic N) is 1. The van der Waals surface area contributed by atoms with E-state index in [0.29, 0.717) is 6.54 Å². The van der Waals surface area contributed by atoms with E-state index >= 15 is 0 Å². The highest BCUT2D eigenvalue weighted by molar-refractivity contribution is 5.74. The normalized spacial score (nSPS) is 27.2. The van der Waals surface area contributed by atoms with Crippen molar-refractivity contribution in [1.82, 2.24) is 5.32 Å². The molecule has 2 unspecified atom stereocenters. The van der Waals surface area contributed by atoms with Gasteiger partial charge in [0, 0.05) is 19.4 Å². The molecule has 1 aromatic carbocycles. The van der Waals surface area contributed by atoms with Crippen LogP contribution in [0, 0.1) is 0 Å². The molecule has 19 heavy (non-hydrogen) atoms. The van der Waals surface area contributed by atoms with Crippen molar-refractivity contribution in [3.63, 3.8) is 0 Å². The molecule has 1 heterocycles. The van der Waals surface area contributed by atoms with E-state index in [4.69, 9.17) is 0 Å². The van der Waals surface area contributed by atoms with Crippen molar-refractivity contribution < 1.29 is 14.4 Å². The van der Waals surface area contributed by atoms with Gasteiger partial charge in [0.05, 0.1) is 0 Å². The lowest BCUT2D eigenvalue weighted by atomic mass is 10.1. The minimum Gasteiger partial charge on any atom is -0.341 e. The first-order valence-electron chi connectivity index (χ1n) is 6.45. The molecular weight excluding hydrogens is 240 g/mol. The van der Waals surface area contributed by atoms with Crippen molar-refractivity contribution in [2.75, 3.05) is 6.54 Å². The molecule has 102 valence electrons. The molecule has 1 saturated heterocycles. The van der Waals surface area contributed by atoms with Crippen LogP contribution in [0.1, 0.15) is 19.4 Å². The highest BCUT2D eigenvalue weighted by atomic mass is 16.3. The van der Waals surface area contributed by atoms with Crippen molar-refractivity contribution in [3.05, 3.63) is 48.6 Å². The third-order valence-corrected chi connectivity index (χ3v) is 4.05. The van der Waals surface area contributed by atoms with E-state index < -0.39 is 11.9 Å². The van der Waals surface area contributed by atoms with Crippen molar-refractivity contribution in [3.8, 4) is 0 Å². The van der Waals surface area contributed by atoms with Gasteiger partial charge in [0.2, 0.25) is 6.23 Å². The van der Waals surface area contributed by atoms with Gasteiger partial charge in [0.15, 0.2) is 5.66 Å². The quantitative estimate of drug-likeness (QED) is 0.636. The summed E-state index contributed by atoms with van der Waals surface area (Å²) in [5, 5.41) is 13.6. The number of benzene rings is 1. The molecule has 0 radical (unpaired) electrons. The predicted molar refractivity (Wildman–Crippen MR) is 73.7 cm³/mol. The van der Waals surface area contributed by atoms with Crippen molar-refractivity contribution in [2.24, 2.45) is 0 Å². The van der Waals surface area contributed by atoms with E-state index in [1.54, 1.807) is 0 Å². The first-order valence-corrected chi connectivity index (χ1v) is 6.45. The minimum atomic E-state index is -0.919. The zero-order valence-corrected chi connectivity index (χ0v) is 11.5. The first kappa shape index (κ1) is 13.9. The van der Waals surface area contributed by atoms with Gasteiger partial charge in [-0.15, -0.1) is 0 Å². The lowest BCUT2D eigenvalue weighted by Crippen LogP contribution is -2.66. The smallest absolute Gasteiger partial charge is 0.331 e. The van der Waals surface area contributed by atoms with E-state index in [1.165, 1.54) is 6.08 Å². The molecule has 2 rings (SSSR count). The van der Waals surface area contributed by atoms with E-state index in [9.17, 15) is 9.90 Å². The number of amides is 1. The molecule has 1 aliphatic heterocycles. The number of nitrogens with one attached hydrogen (secondary N) is 1. The average Bonchev–Trinajstić information content (AvgIpc) is 2.63. The molecule has 0 spiro atoms. The van der Waals surface area contributed by atoms with Crippen LogP contribution in [0.15, 0.2) is 43.0 Å². The molecule has 2 N–H and O–H groups in total. The molecule has 0 aromatic heterocycles. The summed E-state index contributed by atoms with van der Waals surface area (Å²) in [6, 6.07) is 9.75. The topological polar surface area (TPSA) is 49.3 Å². The molecule has 0 saturated carbocycles. The standard InChI is InChI=1S/C15H21N2O2/c1-4-13(18)17(11-12-8-6-5-7-9-12)14(19)10-16-15(17,2)3/h4-9,13,16,18H,1,10-11H2,2-3H3/q+1. The van der Waals surface area contributed by atoms with Gasteiger partial charge in [-0.1, -0.05) is 36.9 Å². The lowest BCUT2D eigenvalue weighted by Gasteiger charge is -2.44. The second kappa shape index (κ2) is 4.89. The van der Waals surface area contributed by atoms with Crippen molar-refractivity contribution in [1.29, 1.82) is 0 Å². The number of carbonyl (C=O) groups is 1. The monoisotopic (exact) mass is 261 g/mol. The molecular formula is C15H21N2O2+. The van der Waals surface area contributed by atoms with Gasteiger partial charge in [0.25, 0.3) is 0 Å². The Hall–Kier alpha value is -1.49. The number of hydrogen-bond acceptors (Lipinski definition) is 3. The Balaban J connectivity index is 2.46. The van der Waals surface area contributed by atoms with Gasteiger partial charge in [-0.25, -0.2) is 9.28 Å². The molecule has 1 fully saturated rings. The highest BCUT2D eigenvalue weighted by Crippen LogP contribution is 2.34. The number of aliphatic hydroxyl groups is 1. The van der Waals surface area contributed by atoms with E-state index in [1.807, 2.05) is 44.2 Å². The molecule has 1 aliphatic rings. The maximum atomic E-state index is 12.4. The van der Waals surface area contributed by atoms with Crippen LogP contribution in [0.2, 0.25) is 0 Å². The fraction of sp³-hybridized carbons (Fsp3) is 0.400. The van der Waals surface area contributed by atoms with Crippen LogP contribution < -0.4 is 5.32 Å². The second-order valence-electron chi connectivity index (χ2n) is 5.47. The maximum Gasteiger partial charge on any atom is 0.331 e. The lowest BCUT2D eigenvalue weighted by molar-refractivity contribution is -0.945. The third kappa shape index (κ3) is 2.12. The Labute approximate surface area is 113 Å². The molecule has 4 nitrogen and oxygen atoms in total. The Morgan fingerprint density at radius 2 is 2.11 bits per heavy atom. The average molecular weight is 261 g/mol. The van der Waals surface area contributed by atoms with Crippen LogP contribution >= 0.6 is 0 Å². The SMILES string of the molecule is C=CC(O)[N+]1(Cc2ccccc2)C(=O)CNC1(C)C. The number of aliphatic hydroxyl groups excluding tert-OH is 1. The Morgan fingerprint density at radius 1 is 1.47 bits per heavy atom. The van der Waals surface area contributed by atoms with Crippen LogP contribution in [0.5, 0.6) is 0 Å². The Bertz CT molecular complexity index is 484. The van der Waals surface area contributed by atoms with Crippen LogP contribution in [0.25, 0.3) is 0 Å². The highest BCUT2D eigenvalue weighted by Gasteiger charge is 2.58. The van der Waals surface area contributed by atoms with Crippen molar-refractivity contribution >= 4 is 5.91 Å². The van der Waals surface area contributed by atoms with Gasteiger partial charge in [-0.05, 0) is 6.08 Å². The van der Waals surface area contributed by atoms with Gasteiger partial charge in [-0.2, -0.15) is 0 Å². The summed E-state index contributed by atoms with van der Waals surface area (Å²) in [4.78, 5) is 12.4. The van der Waals surface area contributed by atoms with E-state index in [2.05, 4.69) is 11.9 Å². The van der Waals surface area contributed by atoms with Gasteiger partial charge in [0.1, 0.15) is 13.1 Å². The van der Waals surface area contributed by atoms with E-state index in [-0.39, 0.29) is 16.9 Å². The van der Waals surface area contributed by atoms with Crippen LogP contribution in [-0.2, 0) is 11.3 Å². The zero-order valence-electron chi connectivity index (χ0n) is 11.5. The van der Waals surface area contributed by atoms with Crippen molar-refractivity contribution in [2.45, 2.75) is 32.3 Å².